The van der Waals surface area contributed by atoms with Gasteiger partial charge < -0.3 is 9.47 Å². The molecule has 0 saturated carbocycles. The van der Waals surface area contributed by atoms with Crippen molar-refractivity contribution in [2.75, 3.05) is 27.3 Å². The number of nitro benzene ring substituents is 1. The molecule has 5 rings (SSSR count). The van der Waals surface area contributed by atoms with Gasteiger partial charge in [-0.3, -0.25) is 20.0 Å². The van der Waals surface area contributed by atoms with E-state index in [1.165, 1.54) is 47.8 Å². The summed E-state index contributed by atoms with van der Waals surface area (Å²) in [5, 5.41) is 24.2. The Kier molecular flexibility index (Phi) is 6.54. The second kappa shape index (κ2) is 10.1. The predicted molar refractivity (Wildman–Crippen MR) is 131 cm³/mol. The molecule has 0 radical (unpaired) electrons. The first-order valence-corrected chi connectivity index (χ1v) is 11.5. The van der Waals surface area contributed by atoms with E-state index in [2.05, 4.69) is 31.4 Å². The lowest BCUT2D eigenvalue weighted by molar-refractivity contribution is -0.384. The van der Waals surface area contributed by atoms with E-state index in [9.17, 15) is 10.1 Å². The standard InChI is InChI=1S/C25H25N7O4/c1-35-23-13-21(22(32(33)34)14-24(23)36-2)25-27-29-31(28-25)20-5-3-17(4-6-20)8-11-30-12-9-18-15-26-10-7-19(18)16-30/h3-7,10,13-15H,8-9,11-12,16H2,1-2H3. The van der Waals surface area contributed by atoms with Gasteiger partial charge in [0.1, 0.15) is 5.56 Å². The highest BCUT2D eigenvalue weighted by Gasteiger charge is 2.24. The van der Waals surface area contributed by atoms with E-state index in [1.807, 2.05) is 36.7 Å². The first-order chi connectivity index (χ1) is 17.6. The topological polar surface area (TPSA) is 121 Å². The number of rotatable bonds is 8. The Morgan fingerprint density at radius 3 is 2.58 bits per heavy atom. The van der Waals surface area contributed by atoms with Gasteiger partial charge in [-0.2, -0.15) is 0 Å². The van der Waals surface area contributed by atoms with Gasteiger partial charge >= 0.3 is 0 Å². The molecule has 0 N–H and O–H groups in total. The van der Waals surface area contributed by atoms with Crippen LogP contribution in [0.15, 0.2) is 54.9 Å². The summed E-state index contributed by atoms with van der Waals surface area (Å²) in [5.74, 6) is 0.710. The lowest BCUT2D eigenvalue weighted by Crippen LogP contribution is -2.32. The Balaban J connectivity index is 1.29. The Morgan fingerprint density at radius 1 is 1.06 bits per heavy atom. The van der Waals surface area contributed by atoms with Crippen LogP contribution in [0.5, 0.6) is 11.5 Å². The van der Waals surface area contributed by atoms with Crippen LogP contribution in [0.25, 0.3) is 17.1 Å². The van der Waals surface area contributed by atoms with Gasteiger partial charge in [0.2, 0.25) is 5.82 Å². The van der Waals surface area contributed by atoms with Gasteiger partial charge in [-0.1, -0.05) is 12.1 Å². The summed E-state index contributed by atoms with van der Waals surface area (Å²) in [6.45, 7) is 2.95. The average Bonchev–Trinajstić information content (AvgIpc) is 3.41. The van der Waals surface area contributed by atoms with Crippen LogP contribution in [0.4, 0.5) is 5.69 Å². The average molecular weight is 488 g/mol. The summed E-state index contributed by atoms with van der Waals surface area (Å²) < 4.78 is 10.5. The van der Waals surface area contributed by atoms with E-state index in [0.717, 1.165) is 32.5 Å². The van der Waals surface area contributed by atoms with E-state index >= 15 is 0 Å². The SMILES string of the molecule is COc1cc(-c2nnn(-c3ccc(CCN4CCc5cnccc5C4)cc3)n2)c([N+](=O)[O-])cc1OC. The number of nitrogens with zero attached hydrogens (tertiary/aromatic N) is 7. The molecule has 11 nitrogen and oxygen atoms in total. The fourth-order valence-corrected chi connectivity index (χ4v) is 4.34. The number of benzene rings is 2. The normalized spacial score (nSPS) is 13.3. The van der Waals surface area contributed by atoms with Crippen LogP contribution in [0.2, 0.25) is 0 Å². The van der Waals surface area contributed by atoms with Crippen molar-refractivity contribution in [1.29, 1.82) is 0 Å². The second-order valence-corrected chi connectivity index (χ2v) is 8.47. The van der Waals surface area contributed by atoms with Crippen molar-refractivity contribution in [2.24, 2.45) is 0 Å². The molecule has 3 heterocycles. The number of ether oxygens (including phenoxy) is 2. The quantitative estimate of drug-likeness (QED) is 0.272. The first kappa shape index (κ1) is 23.4. The summed E-state index contributed by atoms with van der Waals surface area (Å²) in [4.78, 5) is 19.2. The molecule has 11 heteroatoms. The van der Waals surface area contributed by atoms with Crippen molar-refractivity contribution >= 4 is 5.69 Å². The number of tetrazole rings is 1. The summed E-state index contributed by atoms with van der Waals surface area (Å²) in [7, 11) is 2.88. The third-order valence-corrected chi connectivity index (χ3v) is 6.33. The van der Waals surface area contributed by atoms with Crippen LogP contribution < -0.4 is 9.47 Å². The maximum atomic E-state index is 11.6. The van der Waals surface area contributed by atoms with Crippen molar-refractivity contribution < 1.29 is 14.4 Å². The van der Waals surface area contributed by atoms with Crippen molar-refractivity contribution in [1.82, 2.24) is 30.1 Å². The Labute approximate surface area is 207 Å². The van der Waals surface area contributed by atoms with Crippen LogP contribution in [-0.4, -0.2) is 62.3 Å². The number of hydrogen-bond acceptors (Lipinski definition) is 9. The molecule has 0 atom stereocenters. The van der Waals surface area contributed by atoms with E-state index in [-0.39, 0.29) is 22.8 Å². The van der Waals surface area contributed by atoms with Gasteiger partial charge in [0.25, 0.3) is 5.69 Å². The van der Waals surface area contributed by atoms with Gasteiger partial charge in [0.05, 0.1) is 30.9 Å². The highest BCUT2D eigenvalue weighted by molar-refractivity contribution is 5.72. The molecule has 2 aromatic heterocycles. The third-order valence-electron chi connectivity index (χ3n) is 6.33. The predicted octanol–water partition coefficient (Wildman–Crippen LogP) is 3.25. The van der Waals surface area contributed by atoms with Crippen molar-refractivity contribution in [3.63, 3.8) is 0 Å². The molecular formula is C25H25N7O4. The van der Waals surface area contributed by atoms with E-state index < -0.39 is 4.92 Å². The number of methoxy groups -OCH3 is 2. The fourth-order valence-electron chi connectivity index (χ4n) is 4.34. The summed E-state index contributed by atoms with van der Waals surface area (Å²) in [6.07, 6.45) is 5.78. The zero-order valence-corrected chi connectivity index (χ0v) is 20.0. The molecule has 184 valence electrons. The van der Waals surface area contributed by atoms with Crippen LogP contribution in [0.1, 0.15) is 16.7 Å². The molecule has 0 amide bonds. The van der Waals surface area contributed by atoms with Crippen LogP contribution >= 0.6 is 0 Å². The number of pyridine rings is 1. The van der Waals surface area contributed by atoms with Gasteiger partial charge in [-0.05, 0) is 52.9 Å². The maximum absolute atomic E-state index is 11.6. The summed E-state index contributed by atoms with van der Waals surface area (Å²) >= 11 is 0. The Morgan fingerprint density at radius 2 is 1.83 bits per heavy atom. The molecule has 1 aliphatic heterocycles. The molecule has 2 aromatic carbocycles. The number of aromatic nitrogens is 5. The zero-order chi connectivity index (χ0) is 25.1. The lowest BCUT2D eigenvalue weighted by atomic mass is 10.0. The molecule has 0 saturated heterocycles. The van der Waals surface area contributed by atoms with Crippen LogP contribution in [0.3, 0.4) is 0 Å². The minimum absolute atomic E-state index is 0.118. The monoisotopic (exact) mass is 487 g/mol. The van der Waals surface area contributed by atoms with Crippen molar-refractivity contribution in [2.45, 2.75) is 19.4 Å². The minimum atomic E-state index is -0.509. The van der Waals surface area contributed by atoms with Gasteiger partial charge in [0, 0.05) is 38.1 Å². The lowest BCUT2D eigenvalue weighted by Gasteiger charge is -2.28. The Hall–Kier alpha value is -4.38. The van der Waals surface area contributed by atoms with Crippen molar-refractivity contribution in [3.05, 3.63) is 81.7 Å². The fraction of sp³-hybridized carbons (Fsp3) is 0.280. The highest BCUT2D eigenvalue weighted by atomic mass is 16.6. The largest absolute Gasteiger partial charge is 0.493 e. The van der Waals surface area contributed by atoms with Crippen LogP contribution in [-0.2, 0) is 19.4 Å². The second-order valence-electron chi connectivity index (χ2n) is 8.47. The Bertz CT molecular complexity index is 1390. The molecular weight excluding hydrogens is 462 g/mol. The molecule has 0 fully saturated rings. The van der Waals surface area contributed by atoms with Crippen molar-refractivity contribution in [3.8, 4) is 28.6 Å². The molecule has 36 heavy (non-hydrogen) atoms. The summed E-state index contributed by atoms with van der Waals surface area (Å²) in [6, 6.07) is 12.8. The maximum Gasteiger partial charge on any atom is 0.284 e. The molecule has 0 bridgehead atoms. The number of nitro groups is 1. The summed E-state index contributed by atoms with van der Waals surface area (Å²) in [5.41, 5.74) is 4.61. The molecule has 1 aliphatic rings. The van der Waals surface area contributed by atoms with Crippen LogP contribution in [0, 0.1) is 10.1 Å². The molecule has 4 aromatic rings. The van der Waals surface area contributed by atoms with Gasteiger partial charge in [-0.15, -0.1) is 15.0 Å². The molecule has 0 spiro atoms. The minimum Gasteiger partial charge on any atom is -0.493 e. The zero-order valence-electron chi connectivity index (χ0n) is 20.0. The van der Waals surface area contributed by atoms with E-state index in [1.54, 1.807) is 0 Å². The van der Waals surface area contributed by atoms with Gasteiger partial charge in [0.15, 0.2) is 11.5 Å². The van der Waals surface area contributed by atoms with E-state index in [4.69, 9.17) is 9.47 Å². The highest BCUT2D eigenvalue weighted by Crippen LogP contribution is 2.38. The van der Waals surface area contributed by atoms with Gasteiger partial charge in [-0.25, -0.2) is 0 Å². The smallest absolute Gasteiger partial charge is 0.284 e. The molecule has 0 aliphatic carbocycles. The number of hydrogen-bond donors (Lipinski definition) is 0. The molecule has 0 unspecified atom stereocenters. The first-order valence-electron chi connectivity index (χ1n) is 11.5. The number of fused-ring (bicyclic) bond motifs is 1. The third kappa shape index (κ3) is 4.73. The van der Waals surface area contributed by atoms with E-state index in [0.29, 0.717) is 11.4 Å².